The number of carbonyl (C=O) groups excluding carboxylic acids is 1. The summed E-state index contributed by atoms with van der Waals surface area (Å²) in [5.74, 6) is -0.862. The summed E-state index contributed by atoms with van der Waals surface area (Å²) in [6.07, 6.45) is -1.46. The summed E-state index contributed by atoms with van der Waals surface area (Å²) in [5, 5.41) is 21.0. The summed E-state index contributed by atoms with van der Waals surface area (Å²) >= 11 is 6.02. The fourth-order valence-corrected chi connectivity index (χ4v) is 2.07. The van der Waals surface area contributed by atoms with Gasteiger partial charge < -0.3 is 14.9 Å². The molecule has 106 valence electrons. The van der Waals surface area contributed by atoms with Crippen molar-refractivity contribution in [3.8, 4) is 0 Å². The SMILES string of the molecule is CCOC(=O)C(O)C(O)c1ccc2c(Cl)ccnc2c1. The number of aliphatic hydroxyl groups is 2. The minimum absolute atomic E-state index is 0.136. The van der Waals surface area contributed by atoms with E-state index < -0.39 is 18.2 Å². The zero-order valence-corrected chi connectivity index (χ0v) is 11.5. The van der Waals surface area contributed by atoms with Crippen molar-refractivity contribution < 1.29 is 19.7 Å². The maximum absolute atomic E-state index is 11.4. The number of hydrogen-bond donors (Lipinski definition) is 2. The Balaban J connectivity index is 2.31. The topological polar surface area (TPSA) is 79.7 Å². The van der Waals surface area contributed by atoms with Gasteiger partial charge in [-0.1, -0.05) is 23.7 Å². The highest BCUT2D eigenvalue weighted by atomic mass is 35.5. The second-order valence-corrected chi connectivity index (χ2v) is 4.62. The van der Waals surface area contributed by atoms with E-state index in [1.165, 1.54) is 0 Å². The minimum atomic E-state index is -1.63. The molecule has 2 atom stereocenters. The predicted octanol–water partition coefficient (Wildman–Crippen LogP) is 1.85. The summed E-state index contributed by atoms with van der Waals surface area (Å²) in [4.78, 5) is 15.5. The molecule has 0 aliphatic rings. The fourth-order valence-electron chi connectivity index (χ4n) is 1.85. The van der Waals surface area contributed by atoms with Crippen LogP contribution in [0.2, 0.25) is 5.02 Å². The predicted molar refractivity (Wildman–Crippen MR) is 74.4 cm³/mol. The third-order valence-electron chi connectivity index (χ3n) is 2.88. The van der Waals surface area contributed by atoms with Crippen LogP contribution in [0.3, 0.4) is 0 Å². The molecule has 0 saturated heterocycles. The molecule has 6 heteroatoms. The highest BCUT2D eigenvalue weighted by Crippen LogP contribution is 2.26. The fraction of sp³-hybridized carbons (Fsp3) is 0.286. The Morgan fingerprint density at radius 1 is 1.40 bits per heavy atom. The zero-order chi connectivity index (χ0) is 14.7. The number of rotatable bonds is 4. The van der Waals surface area contributed by atoms with Crippen molar-refractivity contribution in [1.29, 1.82) is 0 Å². The number of pyridine rings is 1. The summed E-state index contributed by atoms with van der Waals surface area (Å²) in [6.45, 7) is 1.76. The van der Waals surface area contributed by atoms with Gasteiger partial charge in [-0.25, -0.2) is 4.79 Å². The van der Waals surface area contributed by atoms with E-state index in [4.69, 9.17) is 11.6 Å². The van der Waals surface area contributed by atoms with E-state index in [2.05, 4.69) is 9.72 Å². The van der Waals surface area contributed by atoms with Crippen LogP contribution < -0.4 is 0 Å². The third-order valence-corrected chi connectivity index (χ3v) is 3.21. The third kappa shape index (κ3) is 2.90. The number of ether oxygens (including phenoxy) is 1. The summed E-state index contributed by atoms with van der Waals surface area (Å²) in [6, 6.07) is 6.51. The lowest BCUT2D eigenvalue weighted by molar-refractivity contribution is -0.159. The van der Waals surface area contributed by atoms with E-state index in [9.17, 15) is 15.0 Å². The standard InChI is InChI=1S/C14H14ClNO4/c1-2-20-14(19)13(18)12(17)8-3-4-9-10(15)5-6-16-11(9)7-8/h3-7,12-13,17-18H,2H2,1H3. The van der Waals surface area contributed by atoms with Gasteiger partial charge in [-0.2, -0.15) is 0 Å². The monoisotopic (exact) mass is 295 g/mol. The van der Waals surface area contributed by atoms with E-state index in [1.807, 2.05) is 0 Å². The van der Waals surface area contributed by atoms with Gasteiger partial charge in [-0.05, 0) is 24.6 Å². The quantitative estimate of drug-likeness (QED) is 0.842. The highest BCUT2D eigenvalue weighted by molar-refractivity contribution is 6.35. The molecule has 2 aromatic rings. The average Bonchev–Trinajstić information content (AvgIpc) is 2.46. The van der Waals surface area contributed by atoms with Gasteiger partial charge in [0.25, 0.3) is 0 Å². The normalized spacial score (nSPS) is 14.0. The van der Waals surface area contributed by atoms with Gasteiger partial charge in [-0.15, -0.1) is 0 Å². The number of aromatic nitrogens is 1. The maximum atomic E-state index is 11.4. The first-order valence-electron chi connectivity index (χ1n) is 6.11. The molecule has 0 aliphatic heterocycles. The van der Waals surface area contributed by atoms with E-state index in [-0.39, 0.29) is 6.61 Å². The molecule has 5 nitrogen and oxygen atoms in total. The minimum Gasteiger partial charge on any atom is -0.464 e. The lowest BCUT2D eigenvalue weighted by atomic mass is 10.0. The van der Waals surface area contributed by atoms with Gasteiger partial charge >= 0.3 is 5.97 Å². The van der Waals surface area contributed by atoms with Crippen molar-refractivity contribution in [3.63, 3.8) is 0 Å². The molecule has 0 spiro atoms. The Hall–Kier alpha value is -1.69. The lowest BCUT2D eigenvalue weighted by Gasteiger charge is -2.17. The molecule has 0 aliphatic carbocycles. The Kier molecular flexibility index (Phi) is 4.54. The molecule has 0 amide bonds. The molecular weight excluding hydrogens is 282 g/mol. The van der Waals surface area contributed by atoms with Crippen molar-refractivity contribution in [2.75, 3.05) is 6.61 Å². The van der Waals surface area contributed by atoms with Crippen molar-refractivity contribution in [3.05, 3.63) is 41.0 Å². The average molecular weight is 296 g/mol. The molecule has 0 bridgehead atoms. The van der Waals surface area contributed by atoms with Crippen LogP contribution >= 0.6 is 11.6 Å². The Morgan fingerprint density at radius 3 is 2.85 bits per heavy atom. The highest BCUT2D eigenvalue weighted by Gasteiger charge is 2.27. The van der Waals surface area contributed by atoms with Crippen LogP contribution in [0.4, 0.5) is 0 Å². The lowest BCUT2D eigenvalue weighted by Crippen LogP contribution is -2.29. The Morgan fingerprint density at radius 2 is 2.15 bits per heavy atom. The van der Waals surface area contributed by atoms with Crippen LogP contribution in [0.25, 0.3) is 10.9 Å². The number of carbonyl (C=O) groups is 1. The number of nitrogens with zero attached hydrogens (tertiary/aromatic N) is 1. The smallest absolute Gasteiger partial charge is 0.338 e. The van der Waals surface area contributed by atoms with Gasteiger partial charge in [0.1, 0.15) is 6.10 Å². The first kappa shape index (κ1) is 14.7. The molecule has 1 heterocycles. The largest absolute Gasteiger partial charge is 0.464 e. The number of esters is 1. The van der Waals surface area contributed by atoms with Crippen LogP contribution in [0, 0.1) is 0 Å². The van der Waals surface area contributed by atoms with Crippen molar-refractivity contribution in [1.82, 2.24) is 4.98 Å². The van der Waals surface area contributed by atoms with Crippen LogP contribution in [-0.4, -0.2) is 33.9 Å². The molecular formula is C14H14ClNO4. The van der Waals surface area contributed by atoms with E-state index >= 15 is 0 Å². The molecule has 2 unspecified atom stereocenters. The van der Waals surface area contributed by atoms with Crippen molar-refractivity contribution >= 4 is 28.5 Å². The molecule has 2 rings (SSSR count). The van der Waals surface area contributed by atoms with Crippen LogP contribution in [0.15, 0.2) is 30.5 Å². The van der Waals surface area contributed by atoms with E-state index in [0.717, 1.165) is 5.39 Å². The molecule has 1 aromatic heterocycles. The number of hydrogen-bond acceptors (Lipinski definition) is 5. The van der Waals surface area contributed by atoms with Crippen molar-refractivity contribution in [2.45, 2.75) is 19.1 Å². The number of fused-ring (bicyclic) bond motifs is 1. The molecule has 0 saturated carbocycles. The Bertz CT molecular complexity index is 632. The molecule has 0 radical (unpaired) electrons. The van der Waals surface area contributed by atoms with Gasteiger partial charge in [0, 0.05) is 11.6 Å². The first-order valence-corrected chi connectivity index (χ1v) is 6.49. The van der Waals surface area contributed by atoms with Crippen molar-refractivity contribution in [2.24, 2.45) is 0 Å². The van der Waals surface area contributed by atoms with E-state index in [1.54, 1.807) is 37.4 Å². The molecule has 2 N–H and O–H groups in total. The second-order valence-electron chi connectivity index (χ2n) is 4.21. The number of halogens is 1. The zero-order valence-electron chi connectivity index (χ0n) is 10.8. The summed E-state index contributed by atoms with van der Waals surface area (Å²) in [5.41, 5.74) is 0.943. The van der Waals surface area contributed by atoms with Crippen LogP contribution in [-0.2, 0) is 9.53 Å². The molecule has 20 heavy (non-hydrogen) atoms. The van der Waals surface area contributed by atoms with E-state index in [0.29, 0.717) is 16.1 Å². The van der Waals surface area contributed by atoms with Gasteiger partial charge in [-0.3, -0.25) is 4.98 Å². The van der Waals surface area contributed by atoms with Crippen LogP contribution in [0.1, 0.15) is 18.6 Å². The second kappa shape index (κ2) is 6.17. The molecule has 0 fully saturated rings. The maximum Gasteiger partial charge on any atom is 0.338 e. The van der Waals surface area contributed by atoms with Crippen LogP contribution in [0.5, 0.6) is 0 Å². The number of aliphatic hydroxyl groups excluding tert-OH is 2. The molecule has 1 aromatic carbocycles. The Labute approximate surface area is 120 Å². The summed E-state index contributed by atoms with van der Waals surface area (Å²) < 4.78 is 4.67. The van der Waals surface area contributed by atoms with Gasteiger partial charge in [0.2, 0.25) is 0 Å². The number of benzene rings is 1. The van der Waals surface area contributed by atoms with Gasteiger partial charge in [0.05, 0.1) is 17.1 Å². The first-order chi connectivity index (χ1) is 9.54. The summed E-state index contributed by atoms with van der Waals surface area (Å²) in [7, 11) is 0. The van der Waals surface area contributed by atoms with Gasteiger partial charge in [0.15, 0.2) is 6.10 Å².